The number of carbonyl (C=O) groups excluding carboxylic acids is 4. The number of halogens is 1. The molecule has 0 aliphatic carbocycles. The van der Waals surface area contributed by atoms with Gasteiger partial charge in [-0.05, 0) is 47.7 Å². The van der Waals surface area contributed by atoms with Crippen molar-refractivity contribution in [2.45, 2.75) is 39.5 Å². The minimum absolute atomic E-state index is 0.0293. The van der Waals surface area contributed by atoms with E-state index in [1.54, 1.807) is 37.3 Å². The first-order valence-electron chi connectivity index (χ1n) is 10.9. The second-order valence-corrected chi connectivity index (χ2v) is 9.65. The lowest BCUT2D eigenvalue weighted by molar-refractivity contribution is -0.151. The Bertz CT molecular complexity index is 1110. The molecule has 1 aliphatic heterocycles. The maximum Gasteiger partial charge on any atom is 0.311 e. The second-order valence-electron chi connectivity index (χ2n) is 9.24. The summed E-state index contributed by atoms with van der Waals surface area (Å²) in [5.41, 5.74) is 5.20. The first kappa shape index (κ1) is 25.2. The number of rotatable bonds is 6. The molecule has 3 amide bonds. The molecule has 0 unspecified atom stereocenters. The van der Waals surface area contributed by atoms with Crippen LogP contribution in [0.5, 0.6) is 0 Å². The Labute approximate surface area is 203 Å². The monoisotopic (exact) mass is 485 g/mol. The zero-order chi connectivity index (χ0) is 25.0. The maximum atomic E-state index is 12.5. The lowest BCUT2D eigenvalue weighted by Gasteiger charge is -2.20. The Balaban J connectivity index is 1.50. The van der Waals surface area contributed by atoms with E-state index in [0.717, 1.165) is 10.6 Å². The van der Waals surface area contributed by atoms with E-state index >= 15 is 0 Å². The lowest BCUT2D eigenvalue weighted by Crippen LogP contribution is -2.43. The highest BCUT2D eigenvalue weighted by Crippen LogP contribution is 2.24. The van der Waals surface area contributed by atoms with E-state index < -0.39 is 36.2 Å². The maximum absolute atomic E-state index is 12.5. The summed E-state index contributed by atoms with van der Waals surface area (Å²) in [6.07, 6.45) is -0.114. The normalized spacial score (nSPS) is 15.7. The Morgan fingerprint density at radius 1 is 1.12 bits per heavy atom. The van der Waals surface area contributed by atoms with Gasteiger partial charge in [0.25, 0.3) is 11.8 Å². The number of amides is 3. The average Bonchev–Trinajstić information content (AvgIpc) is 3.15. The van der Waals surface area contributed by atoms with E-state index in [0.29, 0.717) is 21.8 Å². The van der Waals surface area contributed by atoms with Gasteiger partial charge in [0.2, 0.25) is 5.91 Å². The zero-order valence-corrected chi connectivity index (χ0v) is 20.4. The Kier molecular flexibility index (Phi) is 7.61. The van der Waals surface area contributed by atoms with Crippen LogP contribution in [0.15, 0.2) is 42.5 Å². The van der Waals surface area contributed by atoms with E-state index in [2.05, 4.69) is 31.5 Å². The molecule has 8 nitrogen and oxygen atoms in total. The standard InChI is InChI=1S/C25H28ClN3O5/c1-15-19(26)6-5-7-20(15)27-21(30)14-34-24(33)17-12-22(31)29(13-17)28-23(32)16-8-10-18(11-9-16)25(2,3)4/h5-11,17H,12-14H2,1-4H3,(H,27,30)(H,28,32)/t17-/m0/s1. The topological polar surface area (TPSA) is 105 Å². The van der Waals surface area contributed by atoms with Gasteiger partial charge in [0.15, 0.2) is 6.61 Å². The van der Waals surface area contributed by atoms with Crippen molar-refractivity contribution < 1.29 is 23.9 Å². The molecule has 1 aliphatic rings. The molecule has 0 saturated carbocycles. The summed E-state index contributed by atoms with van der Waals surface area (Å²) in [5, 5.41) is 4.26. The largest absolute Gasteiger partial charge is 0.455 e. The second kappa shape index (κ2) is 10.3. The molecule has 2 aromatic rings. The minimum Gasteiger partial charge on any atom is -0.455 e. The Hall–Kier alpha value is -3.39. The quantitative estimate of drug-likeness (QED) is 0.608. The van der Waals surface area contributed by atoms with E-state index in [9.17, 15) is 19.2 Å². The van der Waals surface area contributed by atoms with E-state index in [4.69, 9.17) is 16.3 Å². The van der Waals surface area contributed by atoms with Gasteiger partial charge in [-0.25, -0.2) is 0 Å². The molecule has 3 rings (SSSR count). The number of benzene rings is 2. The zero-order valence-electron chi connectivity index (χ0n) is 19.6. The molecule has 0 aromatic heterocycles. The van der Waals surface area contributed by atoms with Gasteiger partial charge < -0.3 is 10.1 Å². The molecule has 0 spiro atoms. The highest BCUT2D eigenvalue weighted by molar-refractivity contribution is 6.31. The third kappa shape index (κ3) is 6.14. The number of hydrogen-bond donors (Lipinski definition) is 2. The highest BCUT2D eigenvalue weighted by Gasteiger charge is 2.36. The van der Waals surface area contributed by atoms with Crippen LogP contribution in [0.25, 0.3) is 0 Å². The third-order valence-electron chi connectivity index (χ3n) is 5.60. The number of nitrogens with zero attached hydrogens (tertiary/aromatic N) is 1. The van der Waals surface area contributed by atoms with Crippen LogP contribution in [0.1, 0.15) is 48.7 Å². The summed E-state index contributed by atoms with van der Waals surface area (Å²) in [6.45, 7) is 7.46. The average molecular weight is 486 g/mol. The number of hydrazine groups is 1. The number of anilines is 1. The molecule has 2 aromatic carbocycles. The van der Waals surface area contributed by atoms with E-state index in [1.165, 1.54) is 0 Å². The van der Waals surface area contributed by atoms with E-state index in [-0.39, 0.29) is 18.4 Å². The molecular weight excluding hydrogens is 458 g/mol. The van der Waals surface area contributed by atoms with Crippen LogP contribution in [0.3, 0.4) is 0 Å². The smallest absolute Gasteiger partial charge is 0.311 e. The fraction of sp³-hybridized carbons (Fsp3) is 0.360. The SMILES string of the molecule is Cc1c(Cl)cccc1NC(=O)COC(=O)[C@H]1CC(=O)N(NC(=O)c2ccc(C(C)(C)C)cc2)C1. The van der Waals surface area contributed by atoms with Gasteiger partial charge >= 0.3 is 5.97 Å². The van der Waals surface area contributed by atoms with Crippen molar-refractivity contribution in [3.63, 3.8) is 0 Å². The van der Waals surface area contributed by atoms with Gasteiger partial charge in [0, 0.05) is 22.7 Å². The fourth-order valence-electron chi connectivity index (χ4n) is 3.47. The summed E-state index contributed by atoms with van der Waals surface area (Å²) >= 11 is 6.03. The van der Waals surface area contributed by atoms with E-state index in [1.807, 2.05) is 12.1 Å². The number of nitrogens with one attached hydrogen (secondary N) is 2. The lowest BCUT2D eigenvalue weighted by atomic mass is 9.87. The van der Waals surface area contributed by atoms with Crippen LogP contribution in [0.2, 0.25) is 5.02 Å². The summed E-state index contributed by atoms with van der Waals surface area (Å²) in [4.78, 5) is 49.4. The molecule has 0 radical (unpaired) electrons. The van der Waals surface area contributed by atoms with Gasteiger partial charge in [0.1, 0.15) is 0 Å². The van der Waals surface area contributed by atoms with Crippen molar-refractivity contribution >= 4 is 41.0 Å². The van der Waals surface area contributed by atoms with Crippen molar-refractivity contribution in [3.8, 4) is 0 Å². The van der Waals surface area contributed by atoms with Gasteiger partial charge in [-0.3, -0.25) is 29.6 Å². The molecule has 1 saturated heterocycles. The number of ether oxygens (including phenoxy) is 1. The molecule has 9 heteroatoms. The molecule has 2 N–H and O–H groups in total. The summed E-state index contributed by atoms with van der Waals surface area (Å²) in [7, 11) is 0. The molecular formula is C25H28ClN3O5. The first-order chi connectivity index (χ1) is 16.0. The van der Waals surface area contributed by atoms with Crippen molar-refractivity contribution in [2.75, 3.05) is 18.5 Å². The predicted octanol–water partition coefficient (Wildman–Crippen LogP) is 3.62. The van der Waals surface area contributed by atoms with Crippen LogP contribution in [0, 0.1) is 12.8 Å². The van der Waals surface area contributed by atoms with Gasteiger partial charge in [-0.2, -0.15) is 0 Å². The number of hydrogen-bond acceptors (Lipinski definition) is 5. The van der Waals surface area contributed by atoms with Crippen LogP contribution in [0.4, 0.5) is 5.69 Å². The van der Waals surface area contributed by atoms with Crippen molar-refractivity contribution in [3.05, 3.63) is 64.2 Å². The number of carbonyl (C=O) groups is 4. The summed E-state index contributed by atoms with van der Waals surface area (Å²) in [5.74, 6) is -2.83. The minimum atomic E-state index is -0.781. The van der Waals surface area contributed by atoms with Crippen LogP contribution >= 0.6 is 11.6 Å². The van der Waals surface area contributed by atoms with Crippen LogP contribution in [-0.2, 0) is 24.5 Å². The third-order valence-corrected chi connectivity index (χ3v) is 6.00. The van der Waals surface area contributed by atoms with Gasteiger partial charge in [0.05, 0.1) is 12.5 Å². The fourth-order valence-corrected chi connectivity index (χ4v) is 3.64. The predicted molar refractivity (Wildman–Crippen MR) is 128 cm³/mol. The molecule has 0 bridgehead atoms. The molecule has 180 valence electrons. The number of esters is 1. The molecule has 34 heavy (non-hydrogen) atoms. The Morgan fingerprint density at radius 2 is 1.79 bits per heavy atom. The van der Waals surface area contributed by atoms with Crippen molar-refractivity contribution in [1.82, 2.24) is 10.4 Å². The molecule has 1 fully saturated rings. The highest BCUT2D eigenvalue weighted by atomic mass is 35.5. The summed E-state index contributed by atoms with van der Waals surface area (Å²) in [6, 6.07) is 12.2. The molecule has 1 atom stereocenters. The van der Waals surface area contributed by atoms with Crippen LogP contribution in [-0.4, -0.2) is 41.9 Å². The summed E-state index contributed by atoms with van der Waals surface area (Å²) < 4.78 is 5.09. The Morgan fingerprint density at radius 3 is 2.44 bits per heavy atom. The molecule has 1 heterocycles. The van der Waals surface area contributed by atoms with Gasteiger partial charge in [-0.1, -0.05) is 50.6 Å². The van der Waals surface area contributed by atoms with Crippen molar-refractivity contribution in [2.24, 2.45) is 5.92 Å². The van der Waals surface area contributed by atoms with Crippen LogP contribution < -0.4 is 10.7 Å². The first-order valence-corrected chi connectivity index (χ1v) is 11.3. The van der Waals surface area contributed by atoms with Crippen molar-refractivity contribution in [1.29, 1.82) is 0 Å². The van der Waals surface area contributed by atoms with Gasteiger partial charge in [-0.15, -0.1) is 0 Å².